The molecule has 4 rings (SSSR count). The Labute approximate surface area is 142 Å². The van der Waals surface area contributed by atoms with Crippen molar-refractivity contribution in [3.8, 4) is 0 Å². The average molecular weight is 325 g/mol. The number of likely N-dealkylation sites (tertiary alicyclic amines) is 1. The Morgan fingerprint density at radius 2 is 2.08 bits per heavy atom. The fraction of sp³-hybridized carbons (Fsp3) is 0.500. The van der Waals surface area contributed by atoms with Gasteiger partial charge in [-0.25, -0.2) is 9.97 Å². The van der Waals surface area contributed by atoms with Crippen molar-refractivity contribution in [1.82, 2.24) is 19.9 Å². The molecule has 0 radical (unpaired) electrons. The molecule has 126 valence electrons. The van der Waals surface area contributed by atoms with Crippen LogP contribution in [-0.4, -0.2) is 51.7 Å². The summed E-state index contributed by atoms with van der Waals surface area (Å²) in [5.41, 5.74) is 1.36. The monoisotopic (exact) mass is 325 g/mol. The van der Waals surface area contributed by atoms with Gasteiger partial charge >= 0.3 is 0 Å². The van der Waals surface area contributed by atoms with Crippen LogP contribution >= 0.6 is 0 Å². The highest BCUT2D eigenvalue weighted by Crippen LogP contribution is 2.36. The van der Waals surface area contributed by atoms with E-state index < -0.39 is 0 Å². The molecule has 0 saturated carbocycles. The standard InChI is InChI=1S/C18H23N5O/c1-3-15(9-19-6-1)11-23-13-18(14-23)5-4-16(12-24-18)10-22-17-20-7-2-8-21-17/h1-3,6-9,16H,4-5,10-14H2,(H,20,21,22)/t16-/m1/s1. The van der Waals surface area contributed by atoms with Crippen molar-refractivity contribution in [2.75, 3.05) is 31.6 Å². The van der Waals surface area contributed by atoms with E-state index >= 15 is 0 Å². The summed E-state index contributed by atoms with van der Waals surface area (Å²) in [4.78, 5) is 15.0. The van der Waals surface area contributed by atoms with Crippen LogP contribution in [0.3, 0.4) is 0 Å². The third kappa shape index (κ3) is 3.55. The van der Waals surface area contributed by atoms with Crippen molar-refractivity contribution < 1.29 is 4.74 Å². The summed E-state index contributed by atoms with van der Waals surface area (Å²) in [5, 5.41) is 3.30. The summed E-state index contributed by atoms with van der Waals surface area (Å²) >= 11 is 0. The van der Waals surface area contributed by atoms with Crippen LogP contribution in [0.25, 0.3) is 0 Å². The minimum Gasteiger partial charge on any atom is -0.372 e. The largest absolute Gasteiger partial charge is 0.372 e. The van der Waals surface area contributed by atoms with Gasteiger partial charge in [0.1, 0.15) is 0 Å². The van der Waals surface area contributed by atoms with Gasteiger partial charge in [0.15, 0.2) is 0 Å². The molecule has 2 saturated heterocycles. The highest BCUT2D eigenvalue weighted by atomic mass is 16.5. The summed E-state index contributed by atoms with van der Waals surface area (Å²) in [6.45, 7) is 4.73. The molecule has 2 fully saturated rings. The zero-order valence-electron chi connectivity index (χ0n) is 13.8. The SMILES string of the molecule is c1cnc(NC[C@H]2CCC3(CN(Cc4cccnc4)C3)OC2)nc1. The molecule has 1 atom stereocenters. The predicted octanol–water partition coefficient (Wildman–Crippen LogP) is 1.96. The molecule has 1 N–H and O–H groups in total. The third-order valence-corrected chi connectivity index (χ3v) is 4.90. The van der Waals surface area contributed by atoms with Crippen LogP contribution in [0.5, 0.6) is 0 Å². The lowest BCUT2D eigenvalue weighted by Gasteiger charge is -2.53. The van der Waals surface area contributed by atoms with E-state index in [9.17, 15) is 0 Å². The van der Waals surface area contributed by atoms with Crippen molar-refractivity contribution in [3.05, 3.63) is 48.5 Å². The number of anilines is 1. The summed E-state index contributed by atoms with van der Waals surface area (Å²) in [7, 11) is 0. The second-order valence-electron chi connectivity index (χ2n) is 6.86. The first kappa shape index (κ1) is 15.5. The Bertz CT molecular complexity index is 635. The lowest BCUT2D eigenvalue weighted by molar-refractivity contribution is -0.180. The molecule has 2 aromatic heterocycles. The molecule has 24 heavy (non-hydrogen) atoms. The van der Waals surface area contributed by atoms with Crippen LogP contribution in [0, 0.1) is 5.92 Å². The predicted molar refractivity (Wildman–Crippen MR) is 91.4 cm³/mol. The van der Waals surface area contributed by atoms with E-state index in [1.165, 1.54) is 12.0 Å². The summed E-state index contributed by atoms with van der Waals surface area (Å²) < 4.78 is 6.23. The number of aromatic nitrogens is 3. The molecule has 0 bridgehead atoms. The van der Waals surface area contributed by atoms with E-state index in [1.54, 1.807) is 12.4 Å². The van der Waals surface area contributed by atoms with Crippen LogP contribution in [0.4, 0.5) is 5.95 Å². The van der Waals surface area contributed by atoms with E-state index in [4.69, 9.17) is 4.74 Å². The van der Waals surface area contributed by atoms with Crippen LogP contribution in [0.1, 0.15) is 18.4 Å². The second-order valence-corrected chi connectivity index (χ2v) is 6.86. The minimum absolute atomic E-state index is 0.0853. The van der Waals surface area contributed by atoms with Crippen LogP contribution < -0.4 is 5.32 Å². The Kier molecular flexibility index (Phi) is 4.40. The molecule has 0 amide bonds. The van der Waals surface area contributed by atoms with E-state index in [0.717, 1.165) is 39.2 Å². The van der Waals surface area contributed by atoms with Gasteiger partial charge in [-0.05, 0) is 36.5 Å². The smallest absolute Gasteiger partial charge is 0.222 e. The number of rotatable bonds is 5. The lowest BCUT2D eigenvalue weighted by Crippen LogP contribution is -2.64. The first-order chi connectivity index (χ1) is 11.8. The van der Waals surface area contributed by atoms with Gasteiger partial charge in [0.05, 0.1) is 12.2 Å². The van der Waals surface area contributed by atoms with Gasteiger partial charge in [0.2, 0.25) is 5.95 Å². The highest BCUT2D eigenvalue weighted by molar-refractivity contribution is 5.22. The molecular formula is C18H23N5O. The van der Waals surface area contributed by atoms with Gasteiger partial charge in [0, 0.05) is 51.0 Å². The summed E-state index contributed by atoms with van der Waals surface area (Å²) in [6.07, 6.45) is 9.61. The molecule has 2 aliphatic heterocycles. The number of hydrogen-bond donors (Lipinski definition) is 1. The number of hydrogen-bond acceptors (Lipinski definition) is 6. The number of ether oxygens (including phenoxy) is 1. The molecule has 2 aromatic rings. The van der Waals surface area contributed by atoms with Crippen molar-refractivity contribution in [2.24, 2.45) is 5.92 Å². The van der Waals surface area contributed by atoms with E-state index in [0.29, 0.717) is 11.9 Å². The van der Waals surface area contributed by atoms with Crippen molar-refractivity contribution >= 4 is 5.95 Å². The van der Waals surface area contributed by atoms with E-state index in [1.807, 2.05) is 24.5 Å². The summed E-state index contributed by atoms with van der Waals surface area (Å²) in [5.74, 6) is 1.23. The van der Waals surface area contributed by atoms with Gasteiger partial charge in [-0.15, -0.1) is 0 Å². The third-order valence-electron chi connectivity index (χ3n) is 4.90. The first-order valence-electron chi connectivity index (χ1n) is 8.57. The zero-order valence-corrected chi connectivity index (χ0v) is 13.8. The van der Waals surface area contributed by atoms with Crippen molar-refractivity contribution in [1.29, 1.82) is 0 Å². The second kappa shape index (κ2) is 6.83. The Morgan fingerprint density at radius 1 is 1.21 bits per heavy atom. The number of pyridine rings is 1. The van der Waals surface area contributed by atoms with Crippen molar-refractivity contribution in [3.63, 3.8) is 0 Å². The lowest BCUT2D eigenvalue weighted by atomic mass is 9.82. The topological polar surface area (TPSA) is 63.2 Å². The Hall–Kier alpha value is -2.05. The maximum atomic E-state index is 6.23. The fourth-order valence-electron chi connectivity index (χ4n) is 3.58. The van der Waals surface area contributed by atoms with E-state index in [2.05, 4.69) is 31.2 Å². The average Bonchev–Trinajstić information content (AvgIpc) is 2.62. The maximum absolute atomic E-state index is 6.23. The van der Waals surface area contributed by atoms with Gasteiger partial charge in [-0.1, -0.05) is 6.07 Å². The molecule has 0 unspecified atom stereocenters. The molecule has 0 aliphatic carbocycles. The number of nitrogens with one attached hydrogen (secondary N) is 1. The van der Waals surface area contributed by atoms with E-state index in [-0.39, 0.29) is 5.60 Å². The number of nitrogens with zero attached hydrogens (tertiary/aromatic N) is 4. The van der Waals surface area contributed by atoms with Crippen LogP contribution in [0.2, 0.25) is 0 Å². The Morgan fingerprint density at radius 3 is 2.79 bits per heavy atom. The first-order valence-corrected chi connectivity index (χ1v) is 8.57. The quantitative estimate of drug-likeness (QED) is 0.907. The molecule has 6 heteroatoms. The summed E-state index contributed by atoms with van der Waals surface area (Å²) in [6, 6.07) is 5.95. The molecule has 2 aliphatic rings. The minimum atomic E-state index is 0.0853. The zero-order chi connectivity index (χ0) is 16.2. The van der Waals surface area contributed by atoms with Gasteiger partial charge in [0.25, 0.3) is 0 Å². The molecule has 0 aromatic carbocycles. The Balaban J connectivity index is 1.20. The molecular weight excluding hydrogens is 302 g/mol. The maximum Gasteiger partial charge on any atom is 0.222 e. The fourth-order valence-corrected chi connectivity index (χ4v) is 3.58. The normalized spacial score (nSPS) is 22.9. The van der Waals surface area contributed by atoms with Crippen LogP contribution in [-0.2, 0) is 11.3 Å². The molecule has 1 spiro atoms. The van der Waals surface area contributed by atoms with Gasteiger partial charge in [-0.3, -0.25) is 9.88 Å². The van der Waals surface area contributed by atoms with Crippen LogP contribution in [0.15, 0.2) is 43.0 Å². The van der Waals surface area contributed by atoms with Gasteiger partial charge in [-0.2, -0.15) is 0 Å². The van der Waals surface area contributed by atoms with Gasteiger partial charge < -0.3 is 10.1 Å². The molecule has 6 nitrogen and oxygen atoms in total. The molecule has 4 heterocycles. The highest BCUT2D eigenvalue weighted by Gasteiger charge is 2.46. The van der Waals surface area contributed by atoms with Crippen molar-refractivity contribution in [2.45, 2.75) is 25.0 Å².